The summed E-state index contributed by atoms with van der Waals surface area (Å²) in [6.45, 7) is 4.94. The van der Waals surface area contributed by atoms with Gasteiger partial charge in [0.1, 0.15) is 6.04 Å². The molecule has 0 aromatic rings. The molecule has 3 unspecified atom stereocenters. The number of methoxy groups -OCH3 is 1. The van der Waals surface area contributed by atoms with Crippen LogP contribution in [0.5, 0.6) is 0 Å². The maximum atomic E-state index is 12.4. The third kappa shape index (κ3) is 3.51. The van der Waals surface area contributed by atoms with E-state index in [0.29, 0.717) is 24.8 Å². The summed E-state index contributed by atoms with van der Waals surface area (Å²) >= 11 is 0. The molecule has 2 aliphatic heterocycles. The third-order valence-electron chi connectivity index (χ3n) is 4.68. The molecule has 2 saturated heterocycles. The molecule has 5 heteroatoms. The lowest BCUT2D eigenvalue weighted by molar-refractivity contribution is -0.151. The summed E-state index contributed by atoms with van der Waals surface area (Å²) in [5, 5.41) is 3.40. The van der Waals surface area contributed by atoms with E-state index in [0.717, 1.165) is 25.9 Å². The molecular formula is C15H26N2O3. The van der Waals surface area contributed by atoms with Crippen molar-refractivity contribution in [3.05, 3.63) is 0 Å². The van der Waals surface area contributed by atoms with Crippen molar-refractivity contribution in [1.29, 1.82) is 0 Å². The number of carbonyl (C=O) groups excluding carboxylic acids is 2. The van der Waals surface area contributed by atoms with Crippen molar-refractivity contribution in [3.63, 3.8) is 0 Å². The minimum Gasteiger partial charge on any atom is -0.467 e. The van der Waals surface area contributed by atoms with E-state index < -0.39 is 0 Å². The average molecular weight is 282 g/mol. The smallest absolute Gasteiger partial charge is 0.328 e. The fourth-order valence-electron chi connectivity index (χ4n) is 3.37. The number of piperidine rings is 1. The maximum Gasteiger partial charge on any atom is 0.328 e. The van der Waals surface area contributed by atoms with E-state index in [2.05, 4.69) is 12.2 Å². The summed E-state index contributed by atoms with van der Waals surface area (Å²) in [6.07, 6.45) is 4.56. The van der Waals surface area contributed by atoms with Crippen molar-refractivity contribution in [2.75, 3.05) is 26.7 Å². The quantitative estimate of drug-likeness (QED) is 0.787. The number of hydrogen-bond acceptors (Lipinski definition) is 4. The zero-order chi connectivity index (χ0) is 14.5. The van der Waals surface area contributed by atoms with Crippen LogP contribution in [-0.2, 0) is 14.3 Å². The Balaban J connectivity index is 1.88. The molecule has 2 heterocycles. The van der Waals surface area contributed by atoms with Crippen LogP contribution in [0.3, 0.4) is 0 Å². The van der Waals surface area contributed by atoms with Crippen LogP contribution in [-0.4, -0.2) is 49.6 Å². The average Bonchev–Trinajstić information content (AvgIpc) is 2.96. The number of nitrogens with one attached hydrogen (secondary N) is 1. The summed E-state index contributed by atoms with van der Waals surface area (Å²) < 4.78 is 4.79. The van der Waals surface area contributed by atoms with Crippen LogP contribution in [0.4, 0.5) is 0 Å². The number of carbonyl (C=O) groups is 2. The molecule has 114 valence electrons. The highest BCUT2D eigenvalue weighted by Gasteiger charge is 2.35. The molecule has 0 saturated carbocycles. The predicted octanol–water partition coefficient (Wildman–Crippen LogP) is 1.18. The normalized spacial score (nSPS) is 28.2. The maximum absolute atomic E-state index is 12.4. The Morgan fingerprint density at radius 2 is 2.15 bits per heavy atom. The monoisotopic (exact) mass is 282 g/mol. The van der Waals surface area contributed by atoms with Crippen molar-refractivity contribution >= 4 is 11.9 Å². The number of nitrogens with zero attached hydrogens (tertiary/aromatic N) is 1. The lowest BCUT2D eigenvalue weighted by Gasteiger charge is -2.30. The summed E-state index contributed by atoms with van der Waals surface area (Å²) in [5.74, 6) is 0.778. The van der Waals surface area contributed by atoms with Gasteiger partial charge in [0.15, 0.2) is 0 Å². The molecule has 2 rings (SSSR count). The minimum absolute atomic E-state index is 0.107. The lowest BCUT2D eigenvalue weighted by atomic mass is 9.85. The summed E-state index contributed by atoms with van der Waals surface area (Å²) in [5.41, 5.74) is 0. The van der Waals surface area contributed by atoms with Crippen LogP contribution in [0.1, 0.15) is 39.0 Å². The van der Waals surface area contributed by atoms with Crippen molar-refractivity contribution in [1.82, 2.24) is 10.2 Å². The molecule has 2 aliphatic rings. The van der Waals surface area contributed by atoms with Crippen LogP contribution in [0.25, 0.3) is 0 Å². The van der Waals surface area contributed by atoms with Gasteiger partial charge in [-0.3, -0.25) is 4.79 Å². The van der Waals surface area contributed by atoms with E-state index >= 15 is 0 Å². The van der Waals surface area contributed by atoms with Gasteiger partial charge in [-0.25, -0.2) is 4.79 Å². The van der Waals surface area contributed by atoms with Crippen molar-refractivity contribution in [3.8, 4) is 0 Å². The highest BCUT2D eigenvalue weighted by molar-refractivity contribution is 5.85. The Bertz CT molecular complexity index is 353. The van der Waals surface area contributed by atoms with Crippen LogP contribution >= 0.6 is 0 Å². The topological polar surface area (TPSA) is 58.6 Å². The number of likely N-dealkylation sites (tertiary alicyclic amines) is 1. The molecule has 0 aliphatic carbocycles. The van der Waals surface area contributed by atoms with Crippen LogP contribution in [0.15, 0.2) is 0 Å². The Morgan fingerprint density at radius 1 is 1.35 bits per heavy atom. The van der Waals surface area contributed by atoms with Crippen LogP contribution in [0, 0.1) is 11.8 Å². The Kier molecular flexibility index (Phi) is 5.40. The summed E-state index contributed by atoms with van der Waals surface area (Å²) in [7, 11) is 1.39. The fourth-order valence-corrected chi connectivity index (χ4v) is 3.37. The minimum atomic E-state index is -0.357. The second-order valence-corrected chi connectivity index (χ2v) is 6.06. The Morgan fingerprint density at radius 3 is 2.80 bits per heavy atom. The molecule has 0 aromatic heterocycles. The lowest BCUT2D eigenvalue weighted by Crippen LogP contribution is -2.42. The van der Waals surface area contributed by atoms with Crippen molar-refractivity contribution < 1.29 is 14.3 Å². The van der Waals surface area contributed by atoms with Gasteiger partial charge in [0.05, 0.1) is 7.11 Å². The van der Waals surface area contributed by atoms with E-state index in [1.54, 1.807) is 4.90 Å². The van der Waals surface area contributed by atoms with Crippen LogP contribution < -0.4 is 5.32 Å². The zero-order valence-electron chi connectivity index (χ0n) is 12.6. The Hall–Kier alpha value is -1.10. The molecule has 0 spiro atoms. The second-order valence-electron chi connectivity index (χ2n) is 6.06. The van der Waals surface area contributed by atoms with Crippen LogP contribution in [0.2, 0.25) is 0 Å². The van der Waals surface area contributed by atoms with Gasteiger partial charge in [0.25, 0.3) is 0 Å². The highest BCUT2D eigenvalue weighted by Crippen LogP contribution is 2.26. The van der Waals surface area contributed by atoms with Crippen molar-refractivity contribution in [2.24, 2.45) is 11.8 Å². The van der Waals surface area contributed by atoms with Gasteiger partial charge in [0, 0.05) is 13.0 Å². The first kappa shape index (κ1) is 15.3. The number of ether oxygens (including phenoxy) is 1. The Labute approximate surface area is 121 Å². The van der Waals surface area contributed by atoms with E-state index in [4.69, 9.17) is 4.74 Å². The summed E-state index contributed by atoms with van der Waals surface area (Å²) in [6, 6.07) is -0.357. The highest BCUT2D eigenvalue weighted by atomic mass is 16.5. The zero-order valence-corrected chi connectivity index (χ0v) is 12.6. The first-order valence-electron chi connectivity index (χ1n) is 7.71. The molecule has 5 nitrogen and oxygen atoms in total. The molecule has 0 aromatic carbocycles. The van der Waals surface area contributed by atoms with E-state index in [9.17, 15) is 9.59 Å². The predicted molar refractivity (Wildman–Crippen MR) is 76.1 cm³/mol. The molecule has 1 N–H and O–H groups in total. The van der Waals surface area contributed by atoms with E-state index in [-0.39, 0.29) is 17.9 Å². The molecule has 0 bridgehead atoms. The van der Waals surface area contributed by atoms with Gasteiger partial charge in [0.2, 0.25) is 5.91 Å². The molecule has 0 radical (unpaired) electrons. The first-order chi connectivity index (χ1) is 9.63. The second kappa shape index (κ2) is 7.07. The number of esters is 1. The largest absolute Gasteiger partial charge is 0.467 e. The molecule has 1 amide bonds. The van der Waals surface area contributed by atoms with Crippen molar-refractivity contribution in [2.45, 2.75) is 45.1 Å². The number of rotatable bonds is 4. The van der Waals surface area contributed by atoms with Gasteiger partial charge in [-0.1, -0.05) is 6.92 Å². The van der Waals surface area contributed by atoms with Gasteiger partial charge in [-0.05, 0) is 50.6 Å². The van der Waals surface area contributed by atoms with Gasteiger partial charge in [-0.2, -0.15) is 0 Å². The standard InChI is InChI=1S/C15H26N2O3/c1-11(12-5-3-7-16-10-12)9-14(18)17-8-4-6-13(17)15(19)20-2/h11-13,16H,3-10H2,1-2H3. The van der Waals surface area contributed by atoms with Gasteiger partial charge >= 0.3 is 5.97 Å². The fraction of sp³-hybridized carbons (Fsp3) is 0.867. The number of amides is 1. The summed E-state index contributed by atoms with van der Waals surface area (Å²) in [4.78, 5) is 25.8. The third-order valence-corrected chi connectivity index (χ3v) is 4.68. The van der Waals surface area contributed by atoms with Gasteiger partial charge in [-0.15, -0.1) is 0 Å². The van der Waals surface area contributed by atoms with E-state index in [1.165, 1.54) is 20.0 Å². The SMILES string of the molecule is COC(=O)C1CCCN1C(=O)CC(C)C1CCCNC1. The van der Waals surface area contributed by atoms with Gasteiger partial charge < -0.3 is 15.0 Å². The molecule has 20 heavy (non-hydrogen) atoms. The molecule has 3 atom stereocenters. The van der Waals surface area contributed by atoms with E-state index in [1.807, 2.05) is 0 Å². The number of hydrogen-bond donors (Lipinski definition) is 1. The first-order valence-corrected chi connectivity index (χ1v) is 7.71. The molecular weight excluding hydrogens is 256 g/mol. The molecule has 2 fully saturated rings.